The van der Waals surface area contributed by atoms with Crippen molar-refractivity contribution in [2.45, 2.75) is 6.54 Å². The van der Waals surface area contributed by atoms with E-state index in [0.717, 1.165) is 11.1 Å². The number of benzene rings is 1. The van der Waals surface area contributed by atoms with Gasteiger partial charge in [0.2, 0.25) is 0 Å². The lowest BCUT2D eigenvalue weighted by Gasteiger charge is -2.09. The van der Waals surface area contributed by atoms with Crippen LogP contribution >= 0.6 is 0 Å². The quantitative estimate of drug-likeness (QED) is 0.754. The number of pyridine rings is 1. The Morgan fingerprint density at radius 3 is 2.83 bits per heavy atom. The smallest absolute Gasteiger partial charge is 0.161 e. The van der Waals surface area contributed by atoms with Crippen LogP contribution in [0.25, 0.3) is 11.3 Å². The molecule has 3 aromatic rings. The number of phenolic OH excluding ortho intramolecular Hbond substituents is 1. The van der Waals surface area contributed by atoms with Crippen LogP contribution in [-0.2, 0) is 6.54 Å². The number of aromatic hydroxyl groups is 1. The third-order valence-electron chi connectivity index (χ3n) is 3.31. The lowest BCUT2D eigenvalue weighted by Crippen LogP contribution is -2.02. The van der Waals surface area contributed by atoms with E-state index in [-0.39, 0.29) is 5.75 Å². The van der Waals surface area contributed by atoms with Gasteiger partial charge in [-0.1, -0.05) is 6.07 Å². The van der Waals surface area contributed by atoms with Crippen molar-refractivity contribution in [3.63, 3.8) is 0 Å². The van der Waals surface area contributed by atoms with Gasteiger partial charge in [0.05, 0.1) is 25.2 Å². The Morgan fingerprint density at radius 2 is 2.04 bits per heavy atom. The van der Waals surface area contributed by atoms with E-state index in [1.54, 1.807) is 43.0 Å². The van der Waals surface area contributed by atoms with Crippen LogP contribution in [0, 0.1) is 0 Å². The van der Waals surface area contributed by atoms with Crippen molar-refractivity contribution < 1.29 is 9.84 Å². The molecule has 0 atom stereocenters. The third kappa shape index (κ3) is 3.55. The van der Waals surface area contributed by atoms with Crippen molar-refractivity contribution in [3.05, 3.63) is 60.7 Å². The molecule has 0 aliphatic carbocycles. The second kappa shape index (κ2) is 6.74. The van der Waals surface area contributed by atoms with Crippen LogP contribution in [-0.4, -0.2) is 27.2 Å². The summed E-state index contributed by atoms with van der Waals surface area (Å²) in [7, 11) is 1.51. The zero-order valence-electron chi connectivity index (χ0n) is 12.6. The zero-order valence-corrected chi connectivity index (χ0v) is 12.6. The van der Waals surface area contributed by atoms with E-state index in [4.69, 9.17) is 4.74 Å². The molecule has 0 bridgehead atoms. The third-order valence-corrected chi connectivity index (χ3v) is 3.31. The number of hydrogen-bond acceptors (Lipinski definition) is 6. The van der Waals surface area contributed by atoms with Crippen molar-refractivity contribution in [2.24, 2.45) is 0 Å². The molecule has 3 rings (SSSR count). The molecule has 2 heterocycles. The molecule has 116 valence electrons. The maximum Gasteiger partial charge on any atom is 0.161 e. The van der Waals surface area contributed by atoms with Gasteiger partial charge in [0.25, 0.3) is 0 Å². The fourth-order valence-corrected chi connectivity index (χ4v) is 2.12. The van der Waals surface area contributed by atoms with Crippen LogP contribution in [0.4, 0.5) is 5.82 Å². The largest absolute Gasteiger partial charge is 0.504 e. The lowest BCUT2D eigenvalue weighted by molar-refractivity contribution is 0.373. The average Bonchev–Trinajstić information content (AvgIpc) is 2.61. The first kappa shape index (κ1) is 14.8. The summed E-state index contributed by atoms with van der Waals surface area (Å²) in [6.07, 6.45) is 6.87. The van der Waals surface area contributed by atoms with Crippen molar-refractivity contribution in [2.75, 3.05) is 12.4 Å². The van der Waals surface area contributed by atoms with Crippen LogP contribution in [0.1, 0.15) is 5.56 Å². The van der Waals surface area contributed by atoms with Crippen molar-refractivity contribution in [1.29, 1.82) is 0 Å². The Hall–Kier alpha value is -3.15. The maximum absolute atomic E-state index is 9.67. The van der Waals surface area contributed by atoms with Gasteiger partial charge >= 0.3 is 0 Å². The van der Waals surface area contributed by atoms with E-state index in [1.165, 1.54) is 7.11 Å². The molecule has 1 aromatic carbocycles. The van der Waals surface area contributed by atoms with Crippen molar-refractivity contribution in [3.8, 4) is 22.8 Å². The van der Waals surface area contributed by atoms with Crippen LogP contribution in [0.2, 0.25) is 0 Å². The van der Waals surface area contributed by atoms with Gasteiger partial charge in [-0.3, -0.25) is 9.97 Å². The summed E-state index contributed by atoms with van der Waals surface area (Å²) in [6, 6.07) is 8.95. The molecular formula is C17H16N4O2. The Morgan fingerprint density at radius 1 is 1.13 bits per heavy atom. The second-order valence-corrected chi connectivity index (χ2v) is 4.89. The van der Waals surface area contributed by atoms with E-state index >= 15 is 0 Å². The molecule has 6 heteroatoms. The molecule has 0 aliphatic heterocycles. The Bertz CT molecular complexity index is 794. The number of phenols is 1. The van der Waals surface area contributed by atoms with E-state index in [1.807, 2.05) is 12.1 Å². The lowest BCUT2D eigenvalue weighted by atomic mass is 10.1. The van der Waals surface area contributed by atoms with Crippen molar-refractivity contribution >= 4 is 5.82 Å². The van der Waals surface area contributed by atoms with Crippen molar-refractivity contribution in [1.82, 2.24) is 15.0 Å². The molecule has 0 fully saturated rings. The number of methoxy groups -OCH3 is 1. The highest BCUT2D eigenvalue weighted by molar-refractivity contribution is 5.64. The molecule has 23 heavy (non-hydrogen) atoms. The van der Waals surface area contributed by atoms with Gasteiger partial charge < -0.3 is 15.2 Å². The average molecular weight is 308 g/mol. The molecule has 0 amide bonds. The summed E-state index contributed by atoms with van der Waals surface area (Å²) >= 11 is 0. The summed E-state index contributed by atoms with van der Waals surface area (Å²) in [5.74, 6) is 1.16. The summed E-state index contributed by atoms with van der Waals surface area (Å²) < 4.78 is 5.12. The Balaban J connectivity index is 1.79. The molecular weight excluding hydrogens is 292 g/mol. The first-order valence-electron chi connectivity index (χ1n) is 7.08. The van der Waals surface area contributed by atoms with Gasteiger partial charge in [-0.2, -0.15) is 0 Å². The molecule has 2 aromatic heterocycles. The highest BCUT2D eigenvalue weighted by Crippen LogP contribution is 2.30. The number of aromatic nitrogens is 3. The zero-order chi connectivity index (χ0) is 16.1. The summed E-state index contributed by atoms with van der Waals surface area (Å²) in [5, 5.41) is 12.9. The van der Waals surface area contributed by atoms with E-state index < -0.39 is 0 Å². The number of nitrogens with one attached hydrogen (secondary N) is 1. The highest BCUT2D eigenvalue weighted by Gasteiger charge is 2.07. The molecule has 0 saturated heterocycles. The van der Waals surface area contributed by atoms with E-state index in [9.17, 15) is 5.11 Å². The molecule has 0 spiro atoms. The monoisotopic (exact) mass is 308 g/mol. The van der Waals surface area contributed by atoms with Gasteiger partial charge in [0.15, 0.2) is 11.5 Å². The molecule has 6 nitrogen and oxygen atoms in total. The predicted molar refractivity (Wildman–Crippen MR) is 87.2 cm³/mol. The minimum absolute atomic E-state index is 0.0927. The Kier molecular flexibility index (Phi) is 4.33. The summed E-state index contributed by atoms with van der Waals surface area (Å²) in [6.45, 7) is 0.616. The van der Waals surface area contributed by atoms with Gasteiger partial charge in [0, 0.05) is 24.5 Å². The summed E-state index contributed by atoms with van der Waals surface area (Å²) in [5.41, 5.74) is 2.57. The summed E-state index contributed by atoms with van der Waals surface area (Å²) in [4.78, 5) is 12.8. The molecule has 0 saturated carbocycles. The Labute approximate surface area is 133 Å². The number of hydrogen-bond donors (Lipinski definition) is 2. The maximum atomic E-state index is 9.67. The minimum Gasteiger partial charge on any atom is -0.504 e. The molecule has 2 N–H and O–H groups in total. The molecule has 0 unspecified atom stereocenters. The SMILES string of the molecule is COc1cc(-c2cncc(NCc3cccnc3)n2)ccc1O. The first-order valence-corrected chi connectivity index (χ1v) is 7.08. The van der Waals surface area contributed by atoms with Gasteiger partial charge in [-0.25, -0.2) is 4.98 Å². The van der Waals surface area contributed by atoms with Crippen LogP contribution in [0.15, 0.2) is 55.1 Å². The van der Waals surface area contributed by atoms with E-state index in [2.05, 4.69) is 20.3 Å². The molecule has 0 aliphatic rings. The molecule has 0 radical (unpaired) electrons. The minimum atomic E-state index is 0.0927. The van der Waals surface area contributed by atoms with E-state index in [0.29, 0.717) is 23.8 Å². The number of rotatable bonds is 5. The predicted octanol–water partition coefficient (Wildman–Crippen LogP) is 2.86. The second-order valence-electron chi connectivity index (χ2n) is 4.89. The van der Waals surface area contributed by atoms with Gasteiger partial charge in [-0.05, 0) is 29.8 Å². The number of ether oxygens (including phenoxy) is 1. The van der Waals surface area contributed by atoms with Crippen LogP contribution < -0.4 is 10.1 Å². The fraction of sp³-hybridized carbons (Fsp3) is 0.118. The fourth-order valence-electron chi connectivity index (χ4n) is 2.12. The first-order chi connectivity index (χ1) is 11.3. The van der Waals surface area contributed by atoms with Crippen LogP contribution in [0.5, 0.6) is 11.5 Å². The van der Waals surface area contributed by atoms with Crippen LogP contribution in [0.3, 0.4) is 0 Å². The van der Waals surface area contributed by atoms with Gasteiger partial charge in [0.1, 0.15) is 5.82 Å². The van der Waals surface area contributed by atoms with Gasteiger partial charge in [-0.15, -0.1) is 0 Å². The normalized spacial score (nSPS) is 10.3. The number of nitrogens with zero attached hydrogens (tertiary/aromatic N) is 3. The number of anilines is 1. The highest BCUT2D eigenvalue weighted by atomic mass is 16.5. The topological polar surface area (TPSA) is 80.2 Å². The standard InChI is InChI=1S/C17H16N4O2/c1-23-16-7-13(4-5-15(16)22)14-10-19-11-17(21-14)20-9-12-3-2-6-18-8-12/h2-8,10-11,22H,9H2,1H3,(H,20,21).